The zero-order valence-corrected chi connectivity index (χ0v) is 16.8. The lowest BCUT2D eigenvalue weighted by Crippen LogP contribution is -3.11. The van der Waals surface area contributed by atoms with Gasteiger partial charge in [0.25, 0.3) is 5.54 Å². The molecule has 1 amide bonds. The molecule has 1 unspecified atom stereocenters. The summed E-state index contributed by atoms with van der Waals surface area (Å²) in [6.45, 7) is 4.21. The van der Waals surface area contributed by atoms with E-state index in [2.05, 4.69) is 5.32 Å². The molecule has 1 aromatic carbocycles. The fraction of sp³-hybridized carbons (Fsp3) is 0.526. The number of hydrogen-bond donors (Lipinski definition) is 2. The van der Waals surface area contributed by atoms with Crippen LogP contribution in [0.4, 0.5) is 13.2 Å². The molecule has 0 fully saturated rings. The molecule has 2 N–H and O–H groups in total. The van der Waals surface area contributed by atoms with Crippen molar-refractivity contribution in [3.05, 3.63) is 35.4 Å². The highest BCUT2D eigenvalue weighted by molar-refractivity contribution is 6.07. The second kappa shape index (κ2) is 10.2. The van der Waals surface area contributed by atoms with E-state index in [1.165, 1.54) is 12.1 Å². The van der Waals surface area contributed by atoms with E-state index in [9.17, 15) is 27.6 Å². The topological polar surface area (TPSA) is 86.1 Å². The molecule has 1 aromatic rings. The van der Waals surface area contributed by atoms with Crippen molar-refractivity contribution < 1.29 is 41.9 Å². The summed E-state index contributed by atoms with van der Waals surface area (Å²) in [5.41, 5.74) is -2.28. The van der Waals surface area contributed by atoms with Crippen molar-refractivity contribution in [2.24, 2.45) is 0 Å². The van der Waals surface area contributed by atoms with E-state index >= 15 is 0 Å². The maximum Gasteiger partial charge on any atom is 0.416 e. The lowest BCUT2D eigenvalue weighted by Gasteiger charge is -2.31. The third-order valence-corrected chi connectivity index (χ3v) is 3.99. The number of hydrogen-bond acceptors (Lipinski definition) is 5. The average molecular weight is 419 g/mol. The van der Waals surface area contributed by atoms with Crippen LogP contribution in [0.1, 0.15) is 31.9 Å². The first kappa shape index (κ1) is 24.4. The van der Waals surface area contributed by atoms with Crippen molar-refractivity contribution in [3.8, 4) is 0 Å². The summed E-state index contributed by atoms with van der Waals surface area (Å²) in [4.78, 5) is 37.4. The summed E-state index contributed by atoms with van der Waals surface area (Å²) in [5, 5.41) is 2.35. The third kappa shape index (κ3) is 6.74. The Balaban J connectivity index is 3.11. The molecule has 0 saturated heterocycles. The number of carbonyl (C=O) groups is 3. The number of quaternary nitrogens is 1. The van der Waals surface area contributed by atoms with Gasteiger partial charge in [-0.15, -0.1) is 0 Å². The van der Waals surface area contributed by atoms with Gasteiger partial charge in [0.05, 0.1) is 25.8 Å². The van der Waals surface area contributed by atoms with Gasteiger partial charge in [-0.05, 0) is 26.0 Å². The lowest BCUT2D eigenvalue weighted by molar-refractivity contribution is -0.895. The van der Waals surface area contributed by atoms with Crippen molar-refractivity contribution in [2.75, 3.05) is 26.8 Å². The minimum atomic E-state index is -4.44. The molecule has 0 aliphatic heterocycles. The van der Waals surface area contributed by atoms with Crippen molar-refractivity contribution in [2.45, 2.75) is 39.0 Å². The molecule has 0 aromatic heterocycles. The standard InChI is InChI=1S/C19H25F3N2O5/c1-5-28-16(26)18(23-13(3)25,17(27)29-6-2)12-24(4)11-14-7-9-15(10-8-14)19(20,21)22/h7-10H,5-6,11-12H2,1-4H3,(H,23,25)/p+1. The van der Waals surface area contributed by atoms with Crippen LogP contribution < -0.4 is 10.2 Å². The molecule has 0 spiro atoms. The summed E-state index contributed by atoms with van der Waals surface area (Å²) in [6.07, 6.45) is -4.44. The average Bonchev–Trinajstić information content (AvgIpc) is 2.60. The number of nitrogens with one attached hydrogen (secondary N) is 2. The van der Waals surface area contributed by atoms with Crippen molar-refractivity contribution in [1.82, 2.24) is 5.32 Å². The van der Waals surface area contributed by atoms with E-state index in [1.807, 2.05) is 0 Å². The number of halogens is 3. The van der Waals surface area contributed by atoms with Crippen LogP contribution in [-0.2, 0) is 36.6 Å². The Kier molecular flexibility index (Phi) is 8.62. The van der Waals surface area contributed by atoms with Crippen LogP contribution in [0.3, 0.4) is 0 Å². The molecule has 0 saturated carbocycles. The van der Waals surface area contributed by atoms with Crippen LogP contribution in [0.15, 0.2) is 24.3 Å². The number of carbonyl (C=O) groups excluding carboxylic acids is 3. The molecule has 162 valence electrons. The number of esters is 2. The predicted molar refractivity (Wildman–Crippen MR) is 96.7 cm³/mol. The van der Waals surface area contributed by atoms with Crippen LogP contribution >= 0.6 is 0 Å². The Hall–Kier alpha value is -2.62. The smallest absolute Gasteiger partial charge is 0.416 e. The Morgan fingerprint density at radius 1 is 1.00 bits per heavy atom. The van der Waals surface area contributed by atoms with Gasteiger partial charge in [-0.2, -0.15) is 13.2 Å². The first-order valence-electron chi connectivity index (χ1n) is 9.06. The number of ether oxygens (including phenoxy) is 2. The van der Waals surface area contributed by atoms with Gasteiger partial charge in [-0.25, -0.2) is 9.59 Å². The maximum absolute atomic E-state index is 12.7. The zero-order valence-electron chi connectivity index (χ0n) is 16.8. The fourth-order valence-corrected chi connectivity index (χ4v) is 2.86. The van der Waals surface area contributed by atoms with Gasteiger partial charge in [-0.1, -0.05) is 12.1 Å². The number of likely N-dealkylation sites (N-methyl/N-ethyl adjacent to an activating group) is 1. The first-order valence-corrected chi connectivity index (χ1v) is 9.06. The number of benzene rings is 1. The summed E-state index contributed by atoms with van der Waals surface area (Å²) in [6, 6.07) is 4.56. The summed E-state index contributed by atoms with van der Waals surface area (Å²) < 4.78 is 48.1. The molecule has 0 radical (unpaired) electrons. The minimum Gasteiger partial charge on any atom is -0.464 e. The molecule has 0 aliphatic carbocycles. The number of rotatable bonds is 9. The number of amides is 1. The van der Waals surface area contributed by atoms with E-state index in [4.69, 9.17) is 9.47 Å². The zero-order chi connectivity index (χ0) is 22.2. The van der Waals surface area contributed by atoms with Crippen LogP contribution in [0.5, 0.6) is 0 Å². The summed E-state index contributed by atoms with van der Waals surface area (Å²) >= 11 is 0. The van der Waals surface area contributed by atoms with Crippen LogP contribution in [0.25, 0.3) is 0 Å². The molecule has 10 heteroatoms. The van der Waals surface area contributed by atoms with Gasteiger partial charge < -0.3 is 19.7 Å². The van der Waals surface area contributed by atoms with Crippen LogP contribution in [0.2, 0.25) is 0 Å². The molecule has 0 bridgehead atoms. The van der Waals surface area contributed by atoms with Gasteiger partial charge in [0, 0.05) is 12.5 Å². The molecular formula is C19H26F3N2O5+. The lowest BCUT2D eigenvalue weighted by atomic mass is 9.98. The first-order chi connectivity index (χ1) is 13.5. The highest BCUT2D eigenvalue weighted by atomic mass is 19.4. The largest absolute Gasteiger partial charge is 0.464 e. The van der Waals surface area contributed by atoms with E-state index in [0.717, 1.165) is 19.1 Å². The van der Waals surface area contributed by atoms with E-state index < -0.39 is 35.1 Å². The molecular weight excluding hydrogens is 393 g/mol. The minimum absolute atomic E-state index is 0.0163. The molecule has 0 aliphatic rings. The van der Waals surface area contributed by atoms with Crippen molar-refractivity contribution in [3.63, 3.8) is 0 Å². The Labute approximate surface area is 167 Å². The highest BCUT2D eigenvalue weighted by Crippen LogP contribution is 2.28. The third-order valence-electron chi connectivity index (χ3n) is 3.99. The predicted octanol–water partition coefficient (Wildman–Crippen LogP) is 0.721. The van der Waals surface area contributed by atoms with Gasteiger partial charge >= 0.3 is 18.1 Å². The normalized spacial score (nSPS) is 12.8. The van der Waals surface area contributed by atoms with Crippen molar-refractivity contribution in [1.29, 1.82) is 0 Å². The second-order valence-electron chi connectivity index (χ2n) is 6.53. The summed E-state index contributed by atoms with van der Waals surface area (Å²) in [5.74, 6) is -2.55. The Morgan fingerprint density at radius 2 is 1.48 bits per heavy atom. The Bertz CT molecular complexity index is 702. The molecule has 0 heterocycles. The maximum atomic E-state index is 12.7. The van der Waals surface area contributed by atoms with Gasteiger partial charge in [0.2, 0.25) is 5.91 Å². The van der Waals surface area contributed by atoms with Gasteiger partial charge in [0.15, 0.2) is 0 Å². The second-order valence-corrected chi connectivity index (χ2v) is 6.53. The van der Waals surface area contributed by atoms with Gasteiger partial charge in [0.1, 0.15) is 13.1 Å². The molecule has 1 atom stereocenters. The van der Waals surface area contributed by atoms with E-state index in [0.29, 0.717) is 10.5 Å². The van der Waals surface area contributed by atoms with Crippen molar-refractivity contribution >= 4 is 17.8 Å². The Morgan fingerprint density at radius 3 is 1.86 bits per heavy atom. The quantitative estimate of drug-likeness (QED) is 0.455. The van der Waals surface area contributed by atoms with E-state index in [-0.39, 0.29) is 26.3 Å². The van der Waals surface area contributed by atoms with Crippen LogP contribution in [-0.4, -0.2) is 50.2 Å². The SMILES string of the molecule is CCOC(=O)C(C[NH+](C)Cc1ccc(C(F)(F)F)cc1)(NC(C)=O)C(=O)OCC. The van der Waals surface area contributed by atoms with Crippen LogP contribution in [0, 0.1) is 0 Å². The number of alkyl halides is 3. The van der Waals surface area contributed by atoms with E-state index in [1.54, 1.807) is 20.9 Å². The molecule has 1 rings (SSSR count). The fourth-order valence-electron chi connectivity index (χ4n) is 2.86. The highest BCUT2D eigenvalue weighted by Gasteiger charge is 2.53. The monoisotopic (exact) mass is 419 g/mol. The van der Waals surface area contributed by atoms with Gasteiger partial charge in [-0.3, -0.25) is 4.79 Å². The summed E-state index contributed by atoms with van der Waals surface area (Å²) in [7, 11) is 1.63. The molecule has 7 nitrogen and oxygen atoms in total. The molecule has 29 heavy (non-hydrogen) atoms.